The van der Waals surface area contributed by atoms with Crippen LogP contribution in [-0.2, 0) is 0 Å². The van der Waals surface area contributed by atoms with Crippen LogP contribution in [-0.4, -0.2) is 16.0 Å². The number of rotatable bonds is 2. The minimum atomic E-state index is -0.266. The highest BCUT2D eigenvalue weighted by Gasteiger charge is 2.11. The zero-order chi connectivity index (χ0) is 18.1. The Morgan fingerprint density at radius 3 is 2.69 bits per heavy atom. The van der Waals surface area contributed by atoms with Gasteiger partial charge in [-0.3, -0.25) is 10.1 Å². The molecule has 3 aromatic carbocycles. The Kier molecular flexibility index (Phi) is 4.55. The second-order valence-corrected chi connectivity index (χ2v) is 7.48. The van der Waals surface area contributed by atoms with Crippen molar-refractivity contribution in [3.05, 3.63) is 71.2 Å². The number of carbonyl (C=O) groups excluding carboxylic acids is 1. The fourth-order valence-corrected chi connectivity index (χ4v) is 3.99. The molecule has 0 aliphatic carbocycles. The molecule has 0 spiro atoms. The molecule has 1 heterocycles. The lowest BCUT2D eigenvalue weighted by atomic mass is 10.1. The normalized spacial score (nSPS) is 10.8. The lowest BCUT2D eigenvalue weighted by Gasteiger charge is -2.08. The van der Waals surface area contributed by atoms with Gasteiger partial charge < -0.3 is 5.32 Å². The number of anilines is 1. The molecule has 0 aliphatic rings. The van der Waals surface area contributed by atoms with Gasteiger partial charge in [-0.05, 0) is 53.3 Å². The molecule has 4 aromatic rings. The van der Waals surface area contributed by atoms with Gasteiger partial charge in [-0.25, -0.2) is 4.98 Å². The molecule has 0 saturated heterocycles. The molecule has 1 amide bonds. The van der Waals surface area contributed by atoms with E-state index in [4.69, 9.17) is 23.8 Å². The molecule has 0 radical (unpaired) electrons. The summed E-state index contributed by atoms with van der Waals surface area (Å²) in [6.07, 6.45) is 0. The molecule has 0 saturated carbocycles. The Bertz CT molecular complexity index is 1160. The molecule has 0 fully saturated rings. The van der Waals surface area contributed by atoms with Crippen LogP contribution in [0.2, 0.25) is 5.02 Å². The van der Waals surface area contributed by atoms with E-state index in [0.717, 1.165) is 21.0 Å². The number of halogens is 1. The molecule has 2 N–H and O–H groups in total. The molecule has 26 heavy (non-hydrogen) atoms. The van der Waals surface area contributed by atoms with Crippen LogP contribution in [0.5, 0.6) is 0 Å². The number of thiazole rings is 1. The van der Waals surface area contributed by atoms with E-state index in [0.29, 0.717) is 15.7 Å². The predicted molar refractivity (Wildman–Crippen MR) is 112 cm³/mol. The molecule has 128 valence electrons. The van der Waals surface area contributed by atoms with E-state index in [1.165, 1.54) is 11.3 Å². The molecule has 0 atom stereocenters. The van der Waals surface area contributed by atoms with Crippen molar-refractivity contribution in [2.75, 3.05) is 5.32 Å². The molecule has 4 rings (SSSR count). The zero-order valence-electron chi connectivity index (χ0n) is 13.3. The van der Waals surface area contributed by atoms with Crippen LogP contribution in [0.1, 0.15) is 10.4 Å². The zero-order valence-corrected chi connectivity index (χ0v) is 15.7. The van der Waals surface area contributed by atoms with Crippen molar-refractivity contribution in [3.63, 3.8) is 0 Å². The first-order valence-corrected chi connectivity index (χ1v) is 9.36. The predicted octanol–water partition coefficient (Wildman–Crippen LogP) is 5.23. The van der Waals surface area contributed by atoms with E-state index in [-0.39, 0.29) is 11.0 Å². The van der Waals surface area contributed by atoms with Crippen LogP contribution in [0.4, 0.5) is 5.13 Å². The SMILES string of the molecule is O=C(NC(=S)Nc1nc2ccc(Cl)cc2s1)c1ccc2ccccc2c1. The lowest BCUT2D eigenvalue weighted by Crippen LogP contribution is -2.34. The van der Waals surface area contributed by atoms with Crippen LogP contribution < -0.4 is 10.6 Å². The number of fused-ring (bicyclic) bond motifs is 2. The average molecular weight is 398 g/mol. The van der Waals surface area contributed by atoms with Crippen molar-refractivity contribution in [2.24, 2.45) is 0 Å². The monoisotopic (exact) mass is 397 g/mol. The Morgan fingerprint density at radius 2 is 1.85 bits per heavy atom. The van der Waals surface area contributed by atoms with Gasteiger partial charge in [-0.2, -0.15) is 0 Å². The molecule has 0 unspecified atom stereocenters. The first-order chi connectivity index (χ1) is 12.6. The first kappa shape index (κ1) is 16.9. The number of benzene rings is 3. The summed E-state index contributed by atoms with van der Waals surface area (Å²) in [6.45, 7) is 0. The van der Waals surface area contributed by atoms with Gasteiger partial charge in [0.1, 0.15) is 0 Å². The van der Waals surface area contributed by atoms with Crippen molar-refractivity contribution < 1.29 is 4.79 Å². The first-order valence-electron chi connectivity index (χ1n) is 7.76. The highest BCUT2D eigenvalue weighted by atomic mass is 35.5. The smallest absolute Gasteiger partial charge is 0.257 e. The summed E-state index contributed by atoms with van der Waals surface area (Å²) in [6, 6.07) is 18.9. The summed E-state index contributed by atoms with van der Waals surface area (Å²) in [5, 5.41) is 9.18. The van der Waals surface area contributed by atoms with Gasteiger partial charge in [0.05, 0.1) is 10.2 Å². The molecular weight excluding hydrogens is 386 g/mol. The van der Waals surface area contributed by atoms with Gasteiger partial charge in [-0.15, -0.1) is 0 Å². The van der Waals surface area contributed by atoms with E-state index in [9.17, 15) is 4.79 Å². The van der Waals surface area contributed by atoms with Gasteiger partial charge in [0.15, 0.2) is 10.2 Å². The Morgan fingerprint density at radius 1 is 1.04 bits per heavy atom. The van der Waals surface area contributed by atoms with Crippen LogP contribution in [0, 0.1) is 0 Å². The summed E-state index contributed by atoms with van der Waals surface area (Å²) in [7, 11) is 0. The summed E-state index contributed by atoms with van der Waals surface area (Å²) >= 11 is 12.6. The van der Waals surface area contributed by atoms with Gasteiger partial charge in [-0.1, -0.05) is 53.3 Å². The molecule has 0 bridgehead atoms. The fraction of sp³-hybridized carbons (Fsp3) is 0. The quantitative estimate of drug-likeness (QED) is 0.455. The third-order valence-corrected chi connectivity index (χ3v) is 5.18. The number of amides is 1. The van der Waals surface area contributed by atoms with Crippen molar-refractivity contribution in [2.45, 2.75) is 0 Å². The molecular formula is C19H12ClN3OS2. The van der Waals surface area contributed by atoms with E-state index in [2.05, 4.69) is 15.6 Å². The van der Waals surface area contributed by atoms with Gasteiger partial charge in [0.25, 0.3) is 5.91 Å². The maximum Gasteiger partial charge on any atom is 0.257 e. The molecule has 4 nitrogen and oxygen atoms in total. The second kappa shape index (κ2) is 6.99. The van der Waals surface area contributed by atoms with E-state index in [1.54, 1.807) is 12.1 Å². The van der Waals surface area contributed by atoms with Crippen molar-refractivity contribution in [1.82, 2.24) is 10.3 Å². The standard InChI is InChI=1S/C19H12ClN3OS2/c20-14-7-8-15-16(10-14)26-19(21-15)23-18(25)22-17(24)13-6-5-11-3-1-2-4-12(11)9-13/h1-10H,(H2,21,22,23,24,25). The summed E-state index contributed by atoms with van der Waals surface area (Å²) in [5.41, 5.74) is 1.37. The Balaban J connectivity index is 1.48. The Hall–Kier alpha value is -2.54. The number of nitrogens with zero attached hydrogens (tertiary/aromatic N) is 1. The second-order valence-electron chi connectivity index (χ2n) is 5.60. The highest BCUT2D eigenvalue weighted by Crippen LogP contribution is 2.28. The third-order valence-electron chi connectivity index (χ3n) is 3.81. The van der Waals surface area contributed by atoms with E-state index >= 15 is 0 Å². The lowest BCUT2D eigenvalue weighted by molar-refractivity contribution is 0.0978. The minimum absolute atomic E-state index is 0.202. The van der Waals surface area contributed by atoms with Crippen molar-refractivity contribution in [1.29, 1.82) is 0 Å². The van der Waals surface area contributed by atoms with Crippen LogP contribution in [0.3, 0.4) is 0 Å². The maximum atomic E-state index is 12.4. The number of hydrogen-bond acceptors (Lipinski definition) is 4. The number of carbonyl (C=O) groups is 1. The van der Waals surface area contributed by atoms with Crippen LogP contribution >= 0.6 is 35.2 Å². The Labute approximate surface area is 163 Å². The topological polar surface area (TPSA) is 54.0 Å². The largest absolute Gasteiger partial charge is 0.308 e. The third kappa shape index (κ3) is 3.53. The van der Waals surface area contributed by atoms with E-state index in [1.807, 2.05) is 48.5 Å². The number of nitrogens with one attached hydrogen (secondary N) is 2. The maximum absolute atomic E-state index is 12.4. The summed E-state index contributed by atoms with van der Waals surface area (Å²) in [4.78, 5) is 16.9. The van der Waals surface area contributed by atoms with Crippen LogP contribution in [0.15, 0.2) is 60.7 Å². The van der Waals surface area contributed by atoms with E-state index < -0.39 is 0 Å². The average Bonchev–Trinajstić information content (AvgIpc) is 3.02. The summed E-state index contributed by atoms with van der Waals surface area (Å²) < 4.78 is 0.948. The summed E-state index contributed by atoms with van der Waals surface area (Å²) in [5.74, 6) is -0.266. The van der Waals surface area contributed by atoms with Gasteiger partial charge in [0.2, 0.25) is 0 Å². The molecule has 1 aromatic heterocycles. The van der Waals surface area contributed by atoms with Crippen LogP contribution in [0.25, 0.3) is 21.0 Å². The number of aromatic nitrogens is 1. The number of thiocarbonyl (C=S) groups is 1. The number of hydrogen-bond donors (Lipinski definition) is 2. The molecule has 7 heteroatoms. The van der Waals surface area contributed by atoms with Gasteiger partial charge in [0, 0.05) is 10.6 Å². The fourth-order valence-electron chi connectivity index (χ4n) is 2.59. The van der Waals surface area contributed by atoms with Crippen molar-refractivity contribution in [3.8, 4) is 0 Å². The van der Waals surface area contributed by atoms with Crippen molar-refractivity contribution >= 4 is 72.3 Å². The highest BCUT2D eigenvalue weighted by molar-refractivity contribution is 7.80. The molecule has 0 aliphatic heterocycles. The van der Waals surface area contributed by atoms with Gasteiger partial charge >= 0.3 is 0 Å². The minimum Gasteiger partial charge on any atom is -0.308 e.